The van der Waals surface area contributed by atoms with Crippen molar-refractivity contribution in [3.8, 4) is 0 Å². The maximum atomic E-state index is 12.0. The highest BCUT2D eigenvalue weighted by Gasteiger charge is 2.26. The fourth-order valence-electron chi connectivity index (χ4n) is 1.51. The Morgan fingerprint density at radius 1 is 1.33 bits per heavy atom. The molecule has 0 bridgehead atoms. The Morgan fingerprint density at radius 2 is 1.94 bits per heavy atom. The van der Waals surface area contributed by atoms with Gasteiger partial charge in [0.25, 0.3) is 0 Å². The van der Waals surface area contributed by atoms with Gasteiger partial charge in [-0.05, 0) is 37.9 Å². The number of thiazole rings is 1. The quantitative estimate of drug-likeness (QED) is 0.757. The molecule has 0 spiro atoms. The molecule has 1 unspecified atom stereocenters. The maximum absolute atomic E-state index is 12.0. The van der Waals surface area contributed by atoms with Crippen molar-refractivity contribution < 1.29 is 4.55 Å². The van der Waals surface area contributed by atoms with Gasteiger partial charge >= 0.3 is 0 Å². The Labute approximate surface area is 118 Å². The maximum Gasteiger partial charge on any atom is 0.117 e. The molecule has 4 heteroatoms. The van der Waals surface area contributed by atoms with Gasteiger partial charge in [0.15, 0.2) is 0 Å². The fraction of sp³-hybridized carbons (Fsp3) is 0.786. The Hall–Kier alpha value is -0.0600. The third-order valence-corrected chi connectivity index (χ3v) is 6.04. The zero-order valence-corrected chi connectivity index (χ0v) is 14.0. The molecular weight excluding hydrogens is 262 g/mol. The Kier molecular flexibility index (Phi) is 5.68. The molecule has 0 fully saturated rings. The average molecular weight is 287 g/mol. The fourth-order valence-corrected chi connectivity index (χ4v) is 3.76. The molecular formula is C14H25NOS2. The van der Waals surface area contributed by atoms with Crippen molar-refractivity contribution in [1.29, 1.82) is 0 Å². The number of hydrogen-bond acceptors (Lipinski definition) is 3. The lowest BCUT2D eigenvalue weighted by Crippen LogP contribution is -2.30. The Morgan fingerprint density at radius 3 is 2.39 bits per heavy atom. The second-order valence-electron chi connectivity index (χ2n) is 6.12. The molecule has 0 aliphatic rings. The van der Waals surface area contributed by atoms with E-state index >= 15 is 0 Å². The van der Waals surface area contributed by atoms with E-state index in [9.17, 15) is 4.55 Å². The van der Waals surface area contributed by atoms with Crippen LogP contribution in [0, 0.1) is 0 Å². The van der Waals surface area contributed by atoms with Crippen molar-refractivity contribution in [1.82, 2.24) is 4.98 Å². The first-order chi connectivity index (χ1) is 8.21. The van der Waals surface area contributed by atoms with Gasteiger partial charge < -0.3 is 4.55 Å². The van der Waals surface area contributed by atoms with Gasteiger partial charge in [0.1, 0.15) is 10.5 Å². The highest BCUT2D eigenvalue weighted by molar-refractivity contribution is 7.92. The van der Waals surface area contributed by atoms with Crippen LogP contribution < -0.4 is 0 Å². The summed E-state index contributed by atoms with van der Waals surface area (Å²) in [5, 5.41) is 3.33. The van der Waals surface area contributed by atoms with Gasteiger partial charge in [0, 0.05) is 17.7 Å². The van der Waals surface area contributed by atoms with E-state index in [0.717, 1.165) is 12.2 Å². The third kappa shape index (κ3) is 4.56. The van der Waals surface area contributed by atoms with Crippen LogP contribution in [0.15, 0.2) is 5.38 Å². The minimum Gasteiger partial charge on any atom is -0.616 e. The van der Waals surface area contributed by atoms with Crippen LogP contribution in [0.3, 0.4) is 0 Å². The number of aromatic nitrogens is 1. The van der Waals surface area contributed by atoms with Crippen LogP contribution in [0.25, 0.3) is 0 Å². The van der Waals surface area contributed by atoms with Crippen LogP contribution in [0.5, 0.6) is 0 Å². The van der Waals surface area contributed by atoms with Gasteiger partial charge in [-0.25, -0.2) is 4.98 Å². The van der Waals surface area contributed by atoms with E-state index in [1.165, 1.54) is 10.7 Å². The first-order valence-corrected chi connectivity index (χ1v) is 8.75. The summed E-state index contributed by atoms with van der Waals surface area (Å²) in [6.45, 7) is 12.6. The van der Waals surface area contributed by atoms with E-state index < -0.39 is 11.2 Å². The Bertz CT molecular complexity index is 368. The summed E-state index contributed by atoms with van der Waals surface area (Å²) in [5.41, 5.74) is 1.18. The van der Waals surface area contributed by atoms with Crippen molar-refractivity contribution >= 4 is 22.5 Å². The van der Waals surface area contributed by atoms with Gasteiger partial charge in [-0.2, -0.15) is 0 Å². The molecule has 0 aliphatic carbocycles. The topological polar surface area (TPSA) is 36.0 Å². The predicted octanol–water partition coefficient (Wildman–Crippen LogP) is 4.31. The molecule has 0 N–H and O–H groups in total. The molecule has 0 aromatic carbocycles. The summed E-state index contributed by atoms with van der Waals surface area (Å²) in [4.78, 5) is 4.67. The van der Waals surface area contributed by atoms with Crippen LogP contribution in [0.4, 0.5) is 0 Å². The Balaban J connectivity index is 2.52. The lowest BCUT2D eigenvalue weighted by molar-refractivity contribution is 0.552. The van der Waals surface area contributed by atoms with Gasteiger partial charge in [0.05, 0.1) is 10.7 Å². The second kappa shape index (κ2) is 6.40. The monoisotopic (exact) mass is 287 g/mol. The molecule has 1 heterocycles. The summed E-state index contributed by atoms with van der Waals surface area (Å²) in [5.74, 6) is 1.67. The van der Waals surface area contributed by atoms with Crippen LogP contribution in [0.2, 0.25) is 0 Å². The molecule has 0 saturated carbocycles. The van der Waals surface area contributed by atoms with E-state index in [2.05, 4.69) is 31.1 Å². The van der Waals surface area contributed by atoms with E-state index in [1.807, 2.05) is 20.8 Å². The standard InChI is InChI=1S/C14H25NOS2/c1-10(2)12-9-17-13(15-12)11(3)7-8-18(16)14(4,5)6/h9-11H,7-8H2,1-6H3/t11-,18?/m1/s1. The molecule has 2 nitrogen and oxygen atoms in total. The minimum absolute atomic E-state index is 0.105. The lowest BCUT2D eigenvalue weighted by Gasteiger charge is -2.25. The molecule has 0 saturated heterocycles. The summed E-state index contributed by atoms with van der Waals surface area (Å²) < 4.78 is 11.9. The van der Waals surface area contributed by atoms with Crippen LogP contribution in [-0.2, 0) is 11.2 Å². The minimum atomic E-state index is -0.757. The van der Waals surface area contributed by atoms with Crippen LogP contribution in [0.1, 0.15) is 70.5 Å². The van der Waals surface area contributed by atoms with Crippen molar-refractivity contribution in [3.63, 3.8) is 0 Å². The summed E-state index contributed by atoms with van der Waals surface area (Å²) in [6.07, 6.45) is 0.953. The number of rotatable bonds is 5. The van der Waals surface area contributed by atoms with Crippen molar-refractivity contribution in [2.24, 2.45) is 0 Å². The normalized spacial score (nSPS) is 16.0. The van der Waals surface area contributed by atoms with Gasteiger partial charge in [-0.1, -0.05) is 20.8 Å². The predicted molar refractivity (Wildman–Crippen MR) is 82.0 cm³/mol. The molecule has 0 radical (unpaired) electrons. The van der Waals surface area contributed by atoms with E-state index in [0.29, 0.717) is 11.8 Å². The van der Waals surface area contributed by atoms with Crippen molar-refractivity contribution in [3.05, 3.63) is 16.1 Å². The lowest BCUT2D eigenvalue weighted by atomic mass is 10.1. The molecule has 1 aromatic rings. The number of hydrogen-bond donors (Lipinski definition) is 0. The highest BCUT2D eigenvalue weighted by atomic mass is 32.2. The molecule has 1 aromatic heterocycles. The van der Waals surface area contributed by atoms with Gasteiger partial charge in [-0.3, -0.25) is 0 Å². The molecule has 1 rings (SSSR count). The molecule has 2 atom stereocenters. The molecule has 18 heavy (non-hydrogen) atoms. The summed E-state index contributed by atoms with van der Waals surface area (Å²) >= 11 is 0.978. The first-order valence-electron chi connectivity index (χ1n) is 6.55. The van der Waals surface area contributed by atoms with Crippen LogP contribution in [-0.4, -0.2) is 20.0 Å². The highest BCUT2D eigenvalue weighted by Crippen LogP contribution is 2.27. The smallest absolute Gasteiger partial charge is 0.117 e. The zero-order valence-electron chi connectivity index (χ0n) is 12.3. The van der Waals surface area contributed by atoms with Crippen molar-refractivity contribution in [2.45, 2.75) is 64.5 Å². The second-order valence-corrected chi connectivity index (χ2v) is 9.33. The molecule has 104 valence electrons. The van der Waals surface area contributed by atoms with Gasteiger partial charge in [-0.15, -0.1) is 11.3 Å². The largest absolute Gasteiger partial charge is 0.616 e. The summed E-state index contributed by atoms with van der Waals surface area (Å²) in [6, 6.07) is 0. The van der Waals surface area contributed by atoms with Gasteiger partial charge in [0.2, 0.25) is 0 Å². The van der Waals surface area contributed by atoms with Crippen molar-refractivity contribution in [2.75, 3.05) is 5.75 Å². The summed E-state index contributed by atoms with van der Waals surface area (Å²) in [7, 11) is 0. The molecule has 0 aliphatic heterocycles. The first kappa shape index (κ1) is 16.0. The van der Waals surface area contributed by atoms with E-state index in [-0.39, 0.29) is 4.75 Å². The van der Waals surface area contributed by atoms with E-state index in [4.69, 9.17) is 0 Å². The van der Waals surface area contributed by atoms with Crippen LogP contribution >= 0.6 is 11.3 Å². The van der Waals surface area contributed by atoms with E-state index in [1.54, 1.807) is 11.3 Å². The SMILES string of the molecule is CC(C)c1csc([C@H](C)CC[S+]([O-])C(C)(C)C)n1. The number of nitrogens with zero attached hydrogens (tertiary/aromatic N) is 1. The zero-order chi connectivity index (χ0) is 13.9. The third-order valence-electron chi connectivity index (χ3n) is 2.97. The average Bonchev–Trinajstić information content (AvgIpc) is 2.73. The molecule has 0 amide bonds.